The Morgan fingerprint density at radius 1 is 1.57 bits per heavy atom. The van der Waals surface area contributed by atoms with Gasteiger partial charge in [-0.05, 0) is 35.4 Å². The van der Waals surface area contributed by atoms with Crippen molar-refractivity contribution in [2.45, 2.75) is 18.9 Å². The number of nitrogens with one attached hydrogen (secondary N) is 2. The molecule has 1 aromatic rings. The van der Waals surface area contributed by atoms with E-state index in [-0.39, 0.29) is 6.10 Å². The Bertz CT molecular complexity index is 435. The predicted molar refractivity (Wildman–Crippen MR) is 89.3 cm³/mol. The fourth-order valence-electron chi connectivity index (χ4n) is 2.34. The quantitative estimate of drug-likeness (QED) is 0.637. The number of thiophene rings is 1. The van der Waals surface area contributed by atoms with Gasteiger partial charge in [-0.2, -0.15) is 11.3 Å². The SMILES string of the molecule is CN=C(NCC1CN(C)CCO1)NCC(C)c1ccsc1. The average Bonchev–Trinajstić information content (AvgIpc) is 3.01. The van der Waals surface area contributed by atoms with Crippen LogP contribution < -0.4 is 10.6 Å². The van der Waals surface area contributed by atoms with E-state index in [1.54, 1.807) is 18.4 Å². The van der Waals surface area contributed by atoms with Gasteiger partial charge in [-0.3, -0.25) is 4.99 Å². The van der Waals surface area contributed by atoms with Crippen LogP contribution >= 0.6 is 11.3 Å². The van der Waals surface area contributed by atoms with Gasteiger partial charge >= 0.3 is 0 Å². The number of hydrogen-bond donors (Lipinski definition) is 2. The van der Waals surface area contributed by atoms with E-state index in [4.69, 9.17) is 4.74 Å². The lowest BCUT2D eigenvalue weighted by Gasteiger charge is -2.30. The third-order valence-electron chi connectivity index (χ3n) is 3.75. The number of morpholine rings is 1. The van der Waals surface area contributed by atoms with Crippen molar-refractivity contribution in [3.63, 3.8) is 0 Å². The molecule has 1 aliphatic rings. The van der Waals surface area contributed by atoms with Crippen molar-refractivity contribution in [2.75, 3.05) is 46.9 Å². The maximum Gasteiger partial charge on any atom is 0.191 e. The number of likely N-dealkylation sites (N-methyl/N-ethyl adjacent to an activating group) is 1. The molecule has 0 saturated carbocycles. The minimum absolute atomic E-state index is 0.233. The standard InChI is InChI=1S/C15H26N4OS/c1-12(13-4-7-21-11-13)8-17-15(16-2)18-9-14-10-19(3)5-6-20-14/h4,7,11-12,14H,5-6,8-10H2,1-3H3,(H2,16,17,18). The summed E-state index contributed by atoms with van der Waals surface area (Å²) in [6.07, 6.45) is 0.233. The highest BCUT2D eigenvalue weighted by molar-refractivity contribution is 7.07. The smallest absolute Gasteiger partial charge is 0.191 e. The number of hydrogen-bond acceptors (Lipinski definition) is 4. The maximum atomic E-state index is 5.74. The first-order valence-electron chi connectivity index (χ1n) is 7.45. The number of rotatable bonds is 5. The van der Waals surface area contributed by atoms with Gasteiger partial charge in [0.1, 0.15) is 0 Å². The zero-order valence-electron chi connectivity index (χ0n) is 13.1. The first kappa shape index (κ1) is 16.3. The van der Waals surface area contributed by atoms with Crippen molar-refractivity contribution in [3.05, 3.63) is 22.4 Å². The molecule has 2 atom stereocenters. The molecule has 21 heavy (non-hydrogen) atoms. The second-order valence-electron chi connectivity index (χ2n) is 5.55. The van der Waals surface area contributed by atoms with Crippen LogP contribution in [0.5, 0.6) is 0 Å². The summed E-state index contributed by atoms with van der Waals surface area (Å²) in [5.74, 6) is 1.32. The van der Waals surface area contributed by atoms with Crippen molar-refractivity contribution in [1.29, 1.82) is 0 Å². The molecule has 1 aromatic heterocycles. The Hall–Kier alpha value is -1.11. The minimum Gasteiger partial charge on any atom is -0.374 e. The molecular formula is C15H26N4OS. The predicted octanol–water partition coefficient (Wildman–Crippen LogP) is 1.35. The minimum atomic E-state index is 0.233. The van der Waals surface area contributed by atoms with Gasteiger partial charge in [0.15, 0.2) is 5.96 Å². The average molecular weight is 310 g/mol. The topological polar surface area (TPSA) is 48.9 Å². The van der Waals surface area contributed by atoms with Crippen LogP contribution in [0, 0.1) is 0 Å². The zero-order valence-corrected chi connectivity index (χ0v) is 13.9. The Morgan fingerprint density at radius 2 is 2.43 bits per heavy atom. The first-order valence-corrected chi connectivity index (χ1v) is 8.40. The molecular weight excluding hydrogens is 284 g/mol. The molecule has 0 spiro atoms. The molecule has 0 amide bonds. The van der Waals surface area contributed by atoms with Crippen molar-refractivity contribution >= 4 is 17.3 Å². The van der Waals surface area contributed by atoms with E-state index < -0.39 is 0 Å². The van der Waals surface area contributed by atoms with Gasteiger partial charge in [-0.1, -0.05) is 6.92 Å². The highest BCUT2D eigenvalue weighted by Crippen LogP contribution is 2.16. The second kappa shape index (κ2) is 8.36. The van der Waals surface area contributed by atoms with E-state index in [1.165, 1.54) is 5.56 Å². The lowest BCUT2D eigenvalue weighted by molar-refractivity contribution is -0.0161. The van der Waals surface area contributed by atoms with E-state index in [1.807, 2.05) is 0 Å². The normalized spacial score (nSPS) is 22.0. The van der Waals surface area contributed by atoms with Crippen LogP contribution in [0.4, 0.5) is 0 Å². The Morgan fingerprint density at radius 3 is 3.10 bits per heavy atom. The van der Waals surface area contributed by atoms with Crippen LogP contribution in [0.1, 0.15) is 18.4 Å². The second-order valence-corrected chi connectivity index (χ2v) is 6.33. The Balaban J connectivity index is 1.71. The van der Waals surface area contributed by atoms with E-state index in [0.29, 0.717) is 5.92 Å². The van der Waals surface area contributed by atoms with Crippen LogP contribution in [-0.2, 0) is 4.74 Å². The van der Waals surface area contributed by atoms with Gasteiger partial charge in [-0.15, -0.1) is 0 Å². The monoisotopic (exact) mass is 310 g/mol. The van der Waals surface area contributed by atoms with E-state index in [2.05, 4.69) is 51.3 Å². The van der Waals surface area contributed by atoms with Gasteiger partial charge in [0.05, 0.1) is 12.7 Å². The number of guanidine groups is 1. The van der Waals surface area contributed by atoms with Crippen LogP contribution in [0.3, 0.4) is 0 Å². The fraction of sp³-hybridized carbons (Fsp3) is 0.667. The highest BCUT2D eigenvalue weighted by atomic mass is 32.1. The van der Waals surface area contributed by atoms with Crippen LogP contribution in [-0.4, -0.2) is 63.8 Å². The Labute approximate surface area is 131 Å². The third kappa shape index (κ3) is 5.30. The highest BCUT2D eigenvalue weighted by Gasteiger charge is 2.17. The van der Waals surface area contributed by atoms with Gasteiger partial charge < -0.3 is 20.3 Å². The van der Waals surface area contributed by atoms with Crippen molar-refractivity contribution < 1.29 is 4.74 Å². The van der Waals surface area contributed by atoms with E-state index >= 15 is 0 Å². The Kier molecular flexibility index (Phi) is 6.48. The maximum absolute atomic E-state index is 5.74. The summed E-state index contributed by atoms with van der Waals surface area (Å²) in [6.45, 7) is 6.68. The molecule has 0 aliphatic carbocycles. The van der Waals surface area contributed by atoms with Gasteiger partial charge in [0.2, 0.25) is 0 Å². The summed E-state index contributed by atoms with van der Waals surface area (Å²) in [7, 11) is 3.93. The molecule has 5 nitrogen and oxygen atoms in total. The molecule has 0 radical (unpaired) electrons. The lowest BCUT2D eigenvalue weighted by Crippen LogP contribution is -2.48. The van der Waals surface area contributed by atoms with Crippen molar-refractivity contribution in [1.82, 2.24) is 15.5 Å². The van der Waals surface area contributed by atoms with Crippen molar-refractivity contribution in [2.24, 2.45) is 4.99 Å². The molecule has 6 heteroatoms. The molecule has 0 bridgehead atoms. The molecule has 0 aromatic carbocycles. The van der Waals surface area contributed by atoms with Crippen LogP contribution in [0.2, 0.25) is 0 Å². The summed E-state index contributed by atoms with van der Waals surface area (Å²) >= 11 is 1.74. The summed E-state index contributed by atoms with van der Waals surface area (Å²) in [5.41, 5.74) is 1.38. The molecule has 1 aliphatic heterocycles. The number of ether oxygens (including phenoxy) is 1. The number of aliphatic imine (C=N–C) groups is 1. The van der Waals surface area contributed by atoms with E-state index in [0.717, 1.165) is 38.7 Å². The van der Waals surface area contributed by atoms with Crippen LogP contribution in [0.15, 0.2) is 21.8 Å². The van der Waals surface area contributed by atoms with Gasteiger partial charge in [0.25, 0.3) is 0 Å². The zero-order chi connectivity index (χ0) is 15.1. The first-order chi connectivity index (χ1) is 10.2. The fourth-order valence-corrected chi connectivity index (χ4v) is 3.13. The summed E-state index contributed by atoms with van der Waals surface area (Å²) in [5, 5.41) is 11.1. The lowest BCUT2D eigenvalue weighted by atomic mass is 10.1. The third-order valence-corrected chi connectivity index (χ3v) is 4.45. The molecule has 1 saturated heterocycles. The van der Waals surface area contributed by atoms with Crippen molar-refractivity contribution in [3.8, 4) is 0 Å². The summed E-state index contributed by atoms with van der Waals surface area (Å²) in [6, 6.07) is 2.18. The molecule has 2 N–H and O–H groups in total. The van der Waals surface area contributed by atoms with Gasteiger partial charge in [0, 0.05) is 33.2 Å². The summed E-state index contributed by atoms with van der Waals surface area (Å²) in [4.78, 5) is 6.57. The molecule has 2 rings (SSSR count). The summed E-state index contributed by atoms with van der Waals surface area (Å²) < 4.78 is 5.74. The molecule has 1 fully saturated rings. The van der Waals surface area contributed by atoms with Crippen LogP contribution in [0.25, 0.3) is 0 Å². The van der Waals surface area contributed by atoms with E-state index in [9.17, 15) is 0 Å². The molecule has 2 heterocycles. The van der Waals surface area contributed by atoms with Gasteiger partial charge in [-0.25, -0.2) is 0 Å². The number of nitrogens with zero attached hydrogens (tertiary/aromatic N) is 2. The molecule has 2 unspecified atom stereocenters. The molecule has 118 valence electrons. The largest absolute Gasteiger partial charge is 0.374 e.